The Morgan fingerprint density at radius 1 is 1.11 bits per heavy atom. The predicted octanol–water partition coefficient (Wildman–Crippen LogP) is 6.10. The molecular formula is C28H33ClFN3O3. The van der Waals surface area contributed by atoms with E-state index in [2.05, 4.69) is 10.2 Å². The van der Waals surface area contributed by atoms with E-state index in [4.69, 9.17) is 16.3 Å². The van der Waals surface area contributed by atoms with Crippen LogP contribution in [0.3, 0.4) is 0 Å². The van der Waals surface area contributed by atoms with Crippen LogP contribution in [-0.2, 0) is 16.1 Å². The number of hydrogen-bond acceptors (Lipinski definition) is 4. The first kappa shape index (κ1) is 26.2. The highest BCUT2D eigenvalue weighted by molar-refractivity contribution is 6.31. The fraction of sp³-hybridized carbons (Fsp3) is 0.429. The summed E-state index contributed by atoms with van der Waals surface area (Å²) in [7, 11) is 0. The van der Waals surface area contributed by atoms with Gasteiger partial charge in [-0.2, -0.15) is 0 Å². The summed E-state index contributed by atoms with van der Waals surface area (Å²) in [5.41, 5.74) is 1.58. The van der Waals surface area contributed by atoms with Crippen LogP contribution in [0.4, 0.5) is 14.9 Å². The third-order valence-corrected chi connectivity index (χ3v) is 6.66. The van der Waals surface area contributed by atoms with Crippen molar-refractivity contribution in [3.05, 3.63) is 70.5 Å². The van der Waals surface area contributed by atoms with Gasteiger partial charge in [0.15, 0.2) is 0 Å². The van der Waals surface area contributed by atoms with Crippen molar-refractivity contribution in [2.24, 2.45) is 0 Å². The smallest absolute Gasteiger partial charge is 0.412 e. The number of amides is 2. The topological polar surface area (TPSA) is 61.9 Å². The molecule has 2 bridgehead atoms. The Morgan fingerprint density at radius 2 is 1.78 bits per heavy atom. The quantitative estimate of drug-likeness (QED) is 0.490. The lowest BCUT2D eigenvalue weighted by molar-refractivity contribution is -0.137. The molecule has 2 fully saturated rings. The number of nitrogens with zero attached hydrogens (tertiary/aromatic N) is 2. The Kier molecular flexibility index (Phi) is 8.00. The van der Waals surface area contributed by atoms with E-state index < -0.39 is 11.7 Å². The monoisotopic (exact) mass is 513 g/mol. The first-order chi connectivity index (χ1) is 17.1. The zero-order valence-electron chi connectivity index (χ0n) is 21.0. The molecule has 0 aromatic heterocycles. The van der Waals surface area contributed by atoms with Crippen molar-refractivity contribution in [2.75, 3.05) is 18.4 Å². The van der Waals surface area contributed by atoms with Crippen molar-refractivity contribution in [1.82, 2.24) is 9.80 Å². The molecule has 0 aliphatic carbocycles. The van der Waals surface area contributed by atoms with E-state index in [0.29, 0.717) is 16.3 Å². The van der Waals surface area contributed by atoms with E-state index >= 15 is 0 Å². The van der Waals surface area contributed by atoms with Gasteiger partial charge in [0, 0.05) is 42.8 Å². The SMILES string of the molecule is CC(C)(C)OC(=O)Nc1cc(Cl)ccc1/C=C/C(=O)N1C2CCCC1CN(Cc1ccc(F)cc1)C2. The maximum atomic E-state index is 13.3. The maximum Gasteiger partial charge on any atom is 0.412 e. The van der Waals surface area contributed by atoms with Gasteiger partial charge in [0.2, 0.25) is 5.91 Å². The van der Waals surface area contributed by atoms with Crippen LogP contribution in [0.1, 0.15) is 51.2 Å². The molecule has 6 nitrogen and oxygen atoms in total. The average Bonchev–Trinajstić information content (AvgIpc) is 2.78. The van der Waals surface area contributed by atoms with Crippen LogP contribution in [-0.4, -0.2) is 52.6 Å². The number of fused-ring (bicyclic) bond motifs is 2. The van der Waals surface area contributed by atoms with Crippen LogP contribution < -0.4 is 5.32 Å². The number of halogens is 2. The Bertz CT molecular complexity index is 1120. The second kappa shape index (κ2) is 11.0. The Balaban J connectivity index is 1.44. The number of anilines is 1. The highest BCUT2D eigenvalue weighted by atomic mass is 35.5. The summed E-state index contributed by atoms with van der Waals surface area (Å²) in [6, 6.07) is 12.0. The first-order valence-electron chi connectivity index (χ1n) is 12.3. The molecule has 2 unspecified atom stereocenters. The van der Waals surface area contributed by atoms with Gasteiger partial charge in [-0.15, -0.1) is 0 Å². The van der Waals surface area contributed by atoms with Crippen molar-refractivity contribution in [1.29, 1.82) is 0 Å². The van der Waals surface area contributed by atoms with Crippen LogP contribution in [0.2, 0.25) is 5.02 Å². The summed E-state index contributed by atoms with van der Waals surface area (Å²) in [6.45, 7) is 7.70. The Hall–Kier alpha value is -2.90. The zero-order valence-corrected chi connectivity index (χ0v) is 21.7. The Labute approximate surface area is 217 Å². The number of rotatable bonds is 5. The number of likely N-dealkylation sites (tertiary alicyclic amines) is 1. The van der Waals surface area contributed by atoms with Gasteiger partial charge >= 0.3 is 6.09 Å². The summed E-state index contributed by atoms with van der Waals surface area (Å²) in [5, 5.41) is 3.20. The maximum absolute atomic E-state index is 13.3. The van der Waals surface area contributed by atoms with Crippen molar-refractivity contribution in [3.8, 4) is 0 Å². The van der Waals surface area contributed by atoms with Crippen molar-refractivity contribution < 1.29 is 18.7 Å². The van der Waals surface area contributed by atoms with Gasteiger partial charge in [-0.1, -0.05) is 29.8 Å². The molecular weight excluding hydrogens is 481 g/mol. The molecule has 2 heterocycles. The van der Waals surface area contributed by atoms with Crippen molar-refractivity contribution >= 4 is 35.4 Å². The van der Waals surface area contributed by atoms with Gasteiger partial charge < -0.3 is 9.64 Å². The molecule has 2 saturated heterocycles. The lowest BCUT2D eigenvalue weighted by atomic mass is 9.90. The molecule has 0 saturated carbocycles. The molecule has 36 heavy (non-hydrogen) atoms. The van der Waals surface area contributed by atoms with Gasteiger partial charge in [0.25, 0.3) is 0 Å². The molecule has 8 heteroatoms. The molecule has 1 N–H and O–H groups in total. The number of nitrogens with one attached hydrogen (secondary N) is 1. The highest BCUT2D eigenvalue weighted by Crippen LogP contribution is 2.30. The van der Waals surface area contributed by atoms with Crippen LogP contribution in [0.5, 0.6) is 0 Å². The summed E-state index contributed by atoms with van der Waals surface area (Å²) in [6.07, 6.45) is 5.73. The van der Waals surface area contributed by atoms with Crippen LogP contribution in [0.25, 0.3) is 6.08 Å². The summed E-state index contributed by atoms with van der Waals surface area (Å²) in [4.78, 5) is 30.0. The van der Waals surface area contributed by atoms with E-state index in [1.54, 1.807) is 51.1 Å². The zero-order chi connectivity index (χ0) is 25.9. The molecule has 2 amide bonds. The van der Waals surface area contributed by atoms with Crippen molar-refractivity contribution in [3.63, 3.8) is 0 Å². The average molecular weight is 514 g/mol. The van der Waals surface area contributed by atoms with Gasteiger partial charge in [-0.25, -0.2) is 9.18 Å². The van der Waals surface area contributed by atoms with E-state index in [-0.39, 0.29) is 23.8 Å². The number of ether oxygens (including phenoxy) is 1. The molecule has 2 aliphatic rings. The number of piperidine rings is 1. The van der Waals surface area contributed by atoms with Gasteiger partial charge in [-0.05, 0) is 81.5 Å². The third-order valence-electron chi connectivity index (χ3n) is 6.43. The van der Waals surface area contributed by atoms with E-state index in [1.807, 2.05) is 17.0 Å². The summed E-state index contributed by atoms with van der Waals surface area (Å²) < 4.78 is 18.6. The van der Waals surface area contributed by atoms with Gasteiger partial charge in [0.05, 0.1) is 5.69 Å². The fourth-order valence-electron chi connectivity index (χ4n) is 4.97. The van der Waals surface area contributed by atoms with E-state index in [0.717, 1.165) is 44.5 Å². The third kappa shape index (κ3) is 6.86. The number of carbonyl (C=O) groups excluding carboxylic acids is 2. The molecule has 2 atom stereocenters. The number of piperazine rings is 1. The second-order valence-electron chi connectivity index (χ2n) is 10.5. The molecule has 0 radical (unpaired) electrons. The van der Waals surface area contributed by atoms with Crippen LogP contribution in [0.15, 0.2) is 48.5 Å². The standard InChI is InChI=1S/C28H33ClFN3O3/c1-28(2,3)36-27(35)31-25-15-21(29)11-9-20(25)10-14-26(34)33-23-5-4-6-24(33)18-32(17-23)16-19-7-12-22(30)13-8-19/h7-15,23-24H,4-6,16-18H2,1-3H3,(H,31,35)/b14-10+. The minimum atomic E-state index is -0.634. The van der Waals surface area contributed by atoms with Gasteiger partial charge in [0.1, 0.15) is 11.4 Å². The number of hydrogen-bond donors (Lipinski definition) is 1. The first-order valence-corrected chi connectivity index (χ1v) is 12.7. The van der Waals surface area contributed by atoms with Crippen LogP contribution in [0, 0.1) is 5.82 Å². The largest absolute Gasteiger partial charge is 0.444 e. The van der Waals surface area contributed by atoms with E-state index in [9.17, 15) is 14.0 Å². The minimum Gasteiger partial charge on any atom is -0.444 e. The molecule has 2 aliphatic heterocycles. The molecule has 2 aromatic carbocycles. The van der Waals surface area contributed by atoms with Crippen molar-refractivity contribution in [2.45, 2.75) is 64.3 Å². The fourth-order valence-corrected chi connectivity index (χ4v) is 5.15. The van der Waals surface area contributed by atoms with Gasteiger partial charge in [-0.3, -0.25) is 15.0 Å². The second-order valence-corrected chi connectivity index (χ2v) is 10.9. The molecule has 192 valence electrons. The molecule has 4 rings (SSSR count). The minimum absolute atomic E-state index is 0.0377. The number of carbonyl (C=O) groups is 2. The Morgan fingerprint density at radius 3 is 2.42 bits per heavy atom. The lowest BCUT2D eigenvalue weighted by Gasteiger charge is -2.50. The predicted molar refractivity (Wildman–Crippen MR) is 140 cm³/mol. The highest BCUT2D eigenvalue weighted by Gasteiger charge is 2.39. The van der Waals surface area contributed by atoms with Crippen LogP contribution >= 0.6 is 11.6 Å². The summed E-state index contributed by atoms with van der Waals surface area (Å²) in [5.74, 6) is -0.271. The normalized spacial score (nSPS) is 20.4. The number of benzene rings is 2. The molecule has 0 spiro atoms. The molecule has 2 aromatic rings. The summed E-state index contributed by atoms with van der Waals surface area (Å²) >= 11 is 6.15. The lowest BCUT2D eigenvalue weighted by Crippen LogP contribution is -2.61. The van der Waals surface area contributed by atoms with E-state index in [1.165, 1.54) is 12.1 Å².